The molecule has 1 amide bonds. The standard InChI is InChI=1S/C26H21ClF7N3O2/c1-13-8-15(4-7-18(13)23(38)36-17-5-2-14(12-35)3-6-17)21-11-24(39-37-21,26(32,33)34)19-9-16(25(29,30)31)10-20(27)22(19)28/h4,7-10,14,17H,2-3,5-6,11H2,1H3,(H,36,38)/t14-,17-,24-/m1/s1. The van der Waals surface area contributed by atoms with Gasteiger partial charge >= 0.3 is 12.4 Å². The number of nitrogens with one attached hydrogen (secondary N) is 1. The van der Waals surface area contributed by atoms with Crippen LogP contribution in [0.1, 0.15) is 64.7 Å². The molecule has 4 rings (SSSR count). The van der Waals surface area contributed by atoms with Crippen LogP contribution in [0.5, 0.6) is 0 Å². The van der Waals surface area contributed by atoms with E-state index in [1.807, 2.05) is 0 Å². The number of carbonyl (C=O) groups excluding carboxylic acids is 1. The van der Waals surface area contributed by atoms with Gasteiger partial charge in [0.05, 0.1) is 28.8 Å². The Hall–Kier alpha value is -3.33. The number of amides is 1. The Kier molecular flexibility index (Phi) is 7.60. The first-order valence-electron chi connectivity index (χ1n) is 11.9. The Morgan fingerprint density at radius 1 is 1.13 bits per heavy atom. The summed E-state index contributed by atoms with van der Waals surface area (Å²) in [5.41, 5.74) is -6.09. The fraction of sp³-hybridized carbons (Fsp3) is 0.423. The van der Waals surface area contributed by atoms with Gasteiger partial charge in [-0.1, -0.05) is 22.8 Å². The SMILES string of the molecule is Cc1cc(C2=NO[C@](c3cc(C(F)(F)F)cc(Cl)c3F)(C(F)(F)F)C2)ccc1C(=O)N[C@H]1CC[C@H](C#N)CC1. The largest absolute Gasteiger partial charge is 0.435 e. The van der Waals surface area contributed by atoms with Crippen molar-refractivity contribution in [1.29, 1.82) is 5.26 Å². The second kappa shape index (κ2) is 10.3. The highest BCUT2D eigenvalue weighted by Gasteiger charge is 2.64. The highest BCUT2D eigenvalue weighted by atomic mass is 35.5. The van der Waals surface area contributed by atoms with Gasteiger partial charge < -0.3 is 10.2 Å². The van der Waals surface area contributed by atoms with Crippen LogP contribution in [0.15, 0.2) is 35.5 Å². The van der Waals surface area contributed by atoms with Gasteiger partial charge in [-0.15, -0.1) is 0 Å². The van der Waals surface area contributed by atoms with Gasteiger partial charge in [0.15, 0.2) is 0 Å². The fourth-order valence-corrected chi connectivity index (χ4v) is 5.03. The summed E-state index contributed by atoms with van der Waals surface area (Å²) in [5, 5.41) is 14.2. The number of alkyl halides is 6. The smallest absolute Gasteiger partial charge is 0.374 e. The van der Waals surface area contributed by atoms with Crippen LogP contribution in [-0.2, 0) is 16.6 Å². The van der Waals surface area contributed by atoms with Gasteiger partial charge in [0, 0.05) is 23.1 Å². The molecule has 1 N–H and O–H groups in total. The molecule has 13 heteroatoms. The monoisotopic (exact) mass is 575 g/mol. The molecule has 2 aliphatic rings. The minimum Gasteiger partial charge on any atom is -0.374 e. The fourth-order valence-electron chi connectivity index (χ4n) is 4.81. The van der Waals surface area contributed by atoms with Crippen molar-refractivity contribution in [3.05, 3.63) is 69.0 Å². The van der Waals surface area contributed by atoms with E-state index in [1.165, 1.54) is 18.2 Å². The van der Waals surface area contributed by atoms with Gasteiger partial charge in [-0.2, -0.15) is 31.6 Å². The van der Waals surface area contributed by atoms with Crippen LogP contribution in [0.3, 0.4) is 0 Å². The van der Waals surface area contributed by atoms with Crippen molar-refractivity contribution in [2.75, 3.05) is 0 Å². The van der Waals surface area contributed by atoms with Crippen LogP contribution in [0, 0.1) is 30.0 Å². The van der Waals surface area contributed by atoms with Crippen molar-refractivity contribution in [3.8, 4) is 6.07 Å². The summed E-state index contributed by atoms with van der Waals surface area (Å²) in [6.45, 7) is 1.56. The van der Waals surface area contributed by atoms with Gasteiger partial charge in [-0.3, -0.25) is 4.79 Å². The number of rotatable bonds is 4. The number of benzene rings is 2. The lowest BCUT2D eigenvalue weighted by molar-refractivity contribution is -0.276. The lowest BCUT2D eigenvalue weighted by Gasteiger charge is -2.30. The Morgan fingerprint density at radius 3 is 2.36 bits per heavy atom. The number of halogens is 8. The van der Waals surface area contributed by atoms with E-state index in [2.05, 4.69) is 16.5 Å². The molecule has 5 nitrogen and oxygen atoms in total. The molecule has 1 heterocycles. The van der Waals surface area contributed by atoms with E-state index in [0.29, 0.717) is 31.2 Å². The molecule has 0 unspecified atom stereocenters. The zero-order valence-corrected chi connectivity index (χ0v) is 21.1. The van der Waals surface area contributed by atoms with Gasteiger partial charge in [-0.25, -0.2) is 4.39 Å². The number of nitriles is 1. The first-order chi connectivity index (χ1) is 18.2. The van der Waals surface area contributed by atoms with Gasteiger partial charge in [0.1, 0.15) is 5.82 Å². The van der Waals surface area contributed by atoms with Crippen molar-refractivity contribution in [1.82, 2.24) is 5.32 Å². The third-order valence-electron chi connectivity index (χ3n) is 7.03. The summed E-state index contributed by atoms with van der Waals surface area (Å²) in [6, 6.07) is 6.43. The molecule has 1 aliphatic heterocycles. The first kappa shape index (κ1) is 28.7. The minimum atomic E-state index is -5.37. The minimum absolute atomic E-state index is 0.0237. The van der Waals surface area contributed by atoms with Crippen LogP contribution in [0.25, 0.3) is 0 Å². The van der Waals surface area contributed by atoms with E-state index in [9.17, 15) is 35.5 Å². The molecular formula is C26H21ClF7N3O2. The Bertz CT molecular complexity index is 1360. The lowest BCUT2D eigenvalue weighted by atomic mass is 9.85. The molecule has 0 radical (unpaired) electrons. The van der Waals surface area contributed by atoms with E-state index in [0.717, 1.165) is 0 Å². The summed E-state index contributed by atoms with van der Waals surface area (Å²) in [5.74, 6) is -2.14. The van der Waals surface area contributed by atoms with Gasteiger partial charge in [-0.05, 0) is 68.0 Å². The summed E-state index contributed by atoms with van der Waals surface area (Å²) in [6.07, 6.45) is -8.97. The molecule has 0 spiro atoms. The highest BCUT2D eigenvalue weighted by Crippen LogP contribution is 2.51. The van der Waals surface area contributed by atoms with E-state index in [1.54, 1.807) is 6.92 Å². The van der Waals surface area contributed by atoms with E-state index in [-0.39, 0.29) is 40.9 Å². The molecule has 39 heavy (non-hydrogen) atoms. The maximum Gasteiger partial charge on any atom is 0.435 e. The van der Waals surface area contributed by atoms with Gasteiger partial charge in [0.25, 0.3) is 11.5 Å². The molecule has 0 bridgehead atoms. The topological polar surface area (TPSA) is 74.5 Å². The molecule has 0 aromatic heterocycles. The second-order valence-corrected chi connectivity index (χ2v) is 10.0. The highest BCUT2D eigenvalue weighted by molar-refractivity contribution is 6.30. The molecule has 1 atom stereocenters. The molecular weight excluding hydrogens is 555 g/mol. The van der Waals surface area contributed by atoms with E-state index >= 15 is 0 Å². The van der Waals surface area contributed by atoms with Crippen molar-refractivity contribution >= 4 is 23.2 Å². The zero-order valence-electron chi connectivity index (χ0n) is 20.3. The molecule has 1 aliphatic carbocycles. The summed E-state index contributed by atoms with van der Waals surface area (Å²) in [4.78, 5) is 17.5. The van der Waals surface area contributed by atoms with Crippen LogP contribution in [0.2, 0.25) is 5.02 Å². The van der Waals surface area contributed by atoms with Crippen molar-refractivity contribution in [2.45, 2.75) is 63.0 Å². The van der Waals surface area contributed by atoms with Crippen LogP contribution in [0.4, 0.5) is 30.7 Å². The zero-order chi connectivity index (χ0) is 28.8. The molecule has 0 saturated heterocycles. The number of hydrogen-bond acceptors (Lipinski definition) is 4. The average molecular weight is 576 g/mol. The summed E-state index contributed by atoms with van der Waals surface area (Å²) in [7, 11) is 0. The average Bonchev–Trinajstić information content (AvgIpc) is 3.32. The van der Waals surface area contributed by atoms with E-state index in [4.69, 9.17) is 21.7 Å². The number of hydrogen-bond donors (Lipinski definition) is 1. The van der Waals surface area contributed by atoms with Crippen molar-refractivity contribution in [2.24, 2.45) is 11.1 Å². The van der Waals surface area contributed by atoms with E-state index < -0.39 is 52.2 Å². The number of aryl methyl sites for hydroxylation is 1. The molecule has 1 fully saturated rings. The summed E-state index contributed by atoms with van der Waals surface area (Å²) < 4.78 is 97.5. The summed E-state index contributed by atoms with van der Waals surface area (Å²) >= 11 is 5.53. The predicted octanol–water partition coefficient (Wildman–Crippen LogP) is 7.20. The molecule has 1 saturated carbocycles. The maximum absolute atomic E-state index is 14.8. The maximum atomic E-state index is 14.8. The first-order valence-corrected chi connectivity index (χ1v) is 12.2. The number of carbonyl (C=O) groups is 1. The molecule has 2 aromatic rings. The van der Waals surface area contributed by atoms with Crippen LogP contribution in [-0.4, -0.2) is 23.8 Å². The van der Waals surface area contributed by atoms with Crippen LogP contribution >= 0.6 is 11.6 Å². The second-order valence-electron chi connectivity index (χ2n) is 9.63. The van der Waals surface area contributed by atoms with Crippen LogP contribution < -0.4 is 5.32 Å². The lowest BCUT2D eigenvalue weighted by Crippen LogP contribution is -2.43. The third-order valence-corrected chi connectivity index (χ3v) is 7.30. The van der Waals surface area contributed by atoms with Crippen molar-refractivity contribution < 1.29 is 40.4 Å². The van der Waals surface area contributed by atoms with Gasteiger partial charge in [0.2, 0.25) is 0 Å². The quantitative estimate of drug-likeness (QED) is 0.392. The van der Waals surface area contributed by atoms with Crippen molar-refractivity contribution in [3.63, 3.8) is 0 Å². The molecule has 2 aromatic carbocycles. The normalized spacial score (nSPS) is 23.5. The molecule has 208 valence electrons. The number of nitrogens with zero attached hydrogens (tertiary/aromatic N) is 2. The Labute approximate surface area is 223 Å². The Morgan fingerprint density at radius 2 is 1.79 bits per heavy atom. The predicted molar refractivity (Wildman–Crippen MR) is 126 cm³/mol. The third kappa shape index (κ3) is 5.55. The number of oxime groups is 1. The Balaban J connectivity index is 1.59.